The third kappa shape index (κ3) is 2.72. The molecule has 31 heavy (non-hydrogen) atoms. The maximum atomic E-state index is 14.3. The van der Waals surface area contributed by atoms with Crippen LogP contribution in [0.3, 0.4) is 0 Å². The highest BCUT2D eigenvalue weighted by atomic mass is 19.1. The molecule has 3 aliphatic rings. The number of aromatic amines is 1. The van der Waals surface area contributed by atoms with E-state index < -0.39 is 11.6 Å². The zero-order valence-electron chi connectivity index (χ0n) is 16.6. The average molecular weight is 415 g/mol. The van der Waals surface area contributed by atoms with Gasteiger partial charge in [0.25, 0.3) is 0 Å². The van der Waals surface area contributed by atoms with Gasteiger partial charge >= 0.3 is 0 Å². The molecule has 1 fully saturated rings. The summed E-state index contributed by atoms with van der Waals surface area (Å²) in [6.07, 6.45) is 7.45. The van der Waals surface area contributed by atoms with Gasteiger partial charge in [-0.2, -0.15) is 10.2 Å². The third-order valence-corrected chi connectivity index (χ3v) is 6.81. The van der Waals surface area contributed by atoms with E-state index in [0.29, 0.717) is 5.92 Å². The van der Waals surface area contributed by atoms with E-state index in [1.165, 1.54) is 18.2 Å². The number of benzene rings is 1. The fourth-order valence-electron chi connectivity index (χ4n) is 5.24. The van der Waals surface area contributed by atoms with Crippen molar-refractivity contribution in [3.63, 3.8) is 0 Å². The van der Waals surface area contributed by atoms with Crippen LogP contribution >= 0.6 is 0 Å². The van der Waals surface area contributed by atoms with Crippen molar-refractivity contribution in [2.75, 3.05) is 0 Å². The number of rotatable bonds is 3. The third-order valence-electron chi connectivity index (χ3n) is 6.81. The molecule has 3 heterocycles. The number of H-pyrrole nitrogens is 1. The Hall–Kier alpha value is -3.48. The van der Waals surface area contributed by atoms with Crippen LogP contribution in [0.15, 0.2) is 54.9 Å². The Kier molecular flexibility index (Phi) is 4.00. The summed E-state index contributed by atoms with van der Waals surface area (Å²) in [6.45, 7) is 0. The van der Waals surface area contributed by atoms with Gasteiger partial charge in [0, 0.05) is 11.8 Å². The monoisotopic (exact) mass is 415 g/mol. The van der Waals surface area contributed by atoms with Crippen molar-refractivity contribution in [2.24, 2.45) is 0 Å². The first-order valence-corrected chi connectivity index (χ1v) is 10.4. The lowest BCUT2D eigenvalue weighted by atomic mass is 9.58. The number of nitrogens with one attached hydrogen (secondary N) is 1. The lowest BCUT2D eigenvalue weighted by Crippen LogP contribution is -2.41. The number of halogens is 2. The maximum Gasteiger partial charge on any atom is 0.135 e. The molecule has 0 radical (unpaired) electrons. The van der Waals surface area contributed by atoms with E-state index in [0.717, 1.165) is 53.9 Å². The summed E-state index contributed by atoms with van der Waals surface area (Å²) in [5.41, 5.74) is 4.49. The summed E-state index contributed by atoms with van der Waals surface area (Å²) < 4.78 is 28.7. The fourth-order valence-corrected chi connectivity index (χ4v) is 5.24. The van der Waals surface area contributed by atoms with Crippen LogP contribution in [0.2, 0.25) is 0 Å². The molecule has 5 nitrogen and oxygen atoms in total. The van der Waals surface area contributed by atoms with Gasteiger partial charge in [-0.15, -0.1) is 5.10 Å². The van der Waals surface area contributed by atoms with E-state index in [-0.39, 0.29) is 16.7 Å². The predicted molar refractivity (Wildman–Crippen MR) is 111 cm³/mol. The van der Waals surface area contributed by atoms with E-state index in [1.54, 1.807) is 6.20 Å². The molecule has 3 aliphatic carbocycles. The van der Waals surface area contributed by atoms with Crippen LogP contribution in [-0.2, 0) is 5.41 Å². The molecular weight excluding hydrogens is 396 g/mol. The van der Waals surface area contributed by atoms with E-state index in [1.807, 2.05) is 30.5 Å². The first-order valence-electron chi connectivity index (χ1n) is 10.4. The van der Waals surface area contributed by atoms with E-state index in [9.17, 15) is 8.78 Å². The largest absolute Gasteiger partial charge is 0.285 e. The molecular formula is C24H19F2N5. The smallest absolute Gasteiger partial charge is 0.135 e. The van der Waals surface area contributed by atoms with Crippen molar-refractivity contribution in [1.29, 1.82) is 0 Å². The summed E-state index contributed by atoms with van der Waals surface area (Å²) in [5, 5.41) is 15.7. The highest BCUT2D eigenvalue weighted by Crippen LogP contribution is 2.55. The van der Waals surface area contributed by atoms with Crippen molar-refractivity contribution in [2.45, 2.75) is 37.0 Å². The van der Waals surface area contributed by atoms with Crippen LogP contribution in [-0.4, -0.2) is 25.4 Å². The summed E-state index contributed by atoms with van der Waals surface area (Å²) >= 11 is 0. The van der Waals surface area contributed by atoms with Gasteiger partial charge in [-0.05, 0) is 67.5 Å². The van der Waals surface area contributed by atoms with Crippen molar-refractivity contribution in [3.05, 3.63) is 83.4 Å². The van der Waals surface area contributed by atoms with E-state index >= 15 is 0 Å². The Morgan fingerprint density at radius 2 is 1.71 bits per heavy atom. The molecule has 1 saturated carbocycles. The summed E-state index contributed by atoms with van der Waals surface area (Å²) in [5.74, 6) is -0.920. The number of nitrogens with zero attached hydrogens (tertiary/aromatic N) is 4. The van der Waals surface area contributed by atoms with Gasteiger partial charge < -0.3 is 0 Å². The Morgan fingerprint density at radius 1 is 0.935 bits per heavy atom. The van der Waals surface area contributed by atoms with Gasteiger partial charge in [-0.1, -0.05) is 12.1 Å². The Labute approximate surface area is 177 Å². The van der Waals surface area contributed by atoms with Gasteiger partial charge in [0.15, 0.2) is 0 Å². The molecule has 154 valence electrons. The number of aromatic nitrogens is 5. The van der Waals surface area contributed by atoms with Crippen LogP contribution in [0.1, 0.15) is 48.6 Å². The van der Waals surface area contributed by atoms with Crippen LogP contribution in [0, 0.1) is 11.6 Å². The Balaban J connectivity index is 1.49. The second-order valence-corrected chi connectivity index (χ2v) is 8.38. The summed E-state index contributed by atoms with van der Waals surface area (Å²) in [4.78, 5) is 4.97. The number of fused-ring (bicyclic) bond motifs is 2. The lowest BCUT2D eigenvalue weighted by molar-refractivity contribution is 0.264. The predicted octanol–water partition coefficient (Wildman–Crippen LogP) is 5.16. The molecule has 0 unspecified atom stereocenters. The van der Waals surface area contributed by atoms with Crippen LogP contribution in [0.25, 0.3) is 22.5 Å². The van der Waals surface area contributed by atoms with Gasteiger partial charge in [-0.25, -0.2) is 8.78 Å². The molecule has 0 amide bonds. The molecule has 7 rings (SSSR count). The topological polar surface area (TPSA) is 67.3 Å². The second-order valence-electron chi connectivity index (χ2n) is 8.38. The SMILES string of the molecule is Fc1cccc(F)c1-c1cc2c(nn1)C1(c3cccc(-c4cn[nH]c4)n3)CCC2CC1. The molecule has 0 aliphatic heterocycles. The zero-order valence-corrected chi connectivity index (χ0v) is 16.6. The van der Waals surface area contributed by atoms with Gasteiger partial charge in [0.1, 0.15) is 11.6 Å². The molecule has 3 aromatic heterocycles. The summed E-state index contributed by atoms with van der Waals surface area (Å²) in [6, 6.07) is 11.7. The van der Waals surface area contributed by atoms with Crippen molar-refractivity contribution >= 4 is 0 Å². The normalized spacial score (nSPS) is 21.8. The van der Waals surface area contributed by atoms with Crippen molar-refractivity contribution < 1.29 is 8.78 Å². The molecule has 0 spiro atoms. The van der Waals surface area contributed by atoms with Crippen LogP contribution < -0.4 is 0 Å². The molecule has 1 aromatic carbocycles. The zero-order chi connectivity index (χ0) is 21.0. The van der Waals surface area contributed by atoms with E-state index in [4.69, 9.17) is 4.98 Å². The first kappa shape index (κ1) is 18.3. The van der Waals surface area contributed by atoms with Crippen LogP contribution in [0.5, 0.6) is 0 Å². The van der Waals surface area contributed by atoms with E-state index in [2.05, 4.69) is 20.4 Å². The molecule has 2 bridgehead atoms. The second kappa shape index (κ2) is 6.77. The lowest BCUT2D eigenvalue weighted by Gasteiger charge is -2.46. The molecule has 0 saturated heterocycles. The van der Waals surface area contributed by atoms with Crippen molar-refractivity contribution in [3.8, 4) is 22.5 Å². The Morgan fingerprint density at radius 3 is 2.45 bits per heavy atom. The number of pyridine rings is 1. The maximum absolute atomic E-state index is 14.3. The highest BCUT2D eigenvalue weighted by molar-refractivity contribution is 5.63. The number of hydrogen-bond acceptors (Lipinski definition) is 4. The molecule has 7 heteroatoms. The van der Waals surface area contributed by atoms with Crippen molar-refractivity contribution in [1.82, 2.24) is 25.4 Å². The molecule has 0 atom stereocenters. The van der Waals surface area contributed by atoms with Gasteiger partial charge in [0.2, 0.25) is 0 Å². The van der Waals surface area contributed by atoms with Crippen LogP contribution in [0.4, 0.5) is 8.78 Å². The first-order chi connectivity index (χ1) is 15.2. The highest BCUT2D eigenvalue weighted by Gasteiger charge is 2.48. The van der Waals surface area contributed by atoms with Gasteiger partial charge in [-0.3, -0.25) is 10.1 Å². The standard InChI is InChI=1S/C24H19F2N5/c25-17-3-1-4-18(26)22(17)20-11-16-14-7-9-24(10-8-14,23(16)31-30-20)21-6-2-5-19(29-21)15-12-27-28-13-15/h1-6,11-14H,7-10H2,(H,27,28). The minimum Gasteiger partial charge on any atom is -0.285 e. The minimum atomic E-state index is -0.626. The Bertz CT molecular complexity index is 1260. The quantitative estimate of drug-likeness (QED) is 0.502. The molecule has 1 N–H and O–H groups in total. The fraction of sp³-hybridized carbons (Fsp3) is 0.250. The molecule has 4 aromatic rings. The summed E-state index contributed by atoms with van der Waals surface area (Å²) in [7, 11) is 0. The average Bonchev–Trinajstić information content (AvgIpc) is 3.35. The number of hydrogen-bond donors (Lipinski definition) is 1. The van der Waals surface area contributed by atoms with Gasteiger partial charge in [0.05, 0.1) is 40.0 Å². The minimum absolute atomic E-state index is 0.117.